The number of carbonyl (C=O) groups excluding carboxylic acids is 1. The average Bonchev–Trinajstić information content (AvgIpc) is 2.17. The first kappa shape index (κ1) is 16.4. The fourth-order valence-corrected chi connectivity index (χ4v) is 1.64. The van der Waals surface area contributed by atoms with Gasteiger partial charge in [0.15, 0.2) is 0 Å². The van der Waals surface area contributed by atoms with E-state index < -0.39 is 5.54 Å². The zero-order chi connectivity index (χ0) is 12.3. The van der Waals surface area contributed by atoms with Crippen LogP contribution in [0.15, 0.2) is 22.7 Å². The van der Waals surface area contributed by atoms with Crippen molar-refractivity contribution >= 4 is 34.2 Å². The maximum Gasteiger partial charge on any atom is 0.239 e. The van der Waals surface area contributed by atoms with Crippen molar-refractivity contribution in [3.05, 3.63) is 33.8 Å². The van der Waals surface area contributed by atoms with Gasteiger partial charge in [0.25, 0.3) is 0 Å². The Labute approximate surface area is 117 Å². The number of rotatable bonds is 3. The summed E-state index contributed by atoms with van der Waals surface area (Å²) in [5.74, 6) is -0.146. The Morgan fingerprint density at radius 1 is 1.47 bits per heavy atom. The second-order valence-electron chi connectivity index (χ2n) is 4.48. The Hall–Kier alpha value is -0.580. The standard InChI is InChI=1S/C12H17BrN2O.ClH/c1-8-4-5-10(13)6-9(8)7-15-11(16)12(2,3)14;/h4-6H,7,14H2,1-3H3,(H,15,16);1H. The lowest BCUT2D eigenvalue weighted by molar-refractivity contribution is -0.125. The topological polar surface area (TPSA) is 55.1 Å². The van der Waals surface area contributed by atoms with Crippen molar-refractivity contribution in [3.8, 4) is 0 Å². The van der Waals surface area contributed by atoms with Gasteiger partial charge in [0, 0.05) is 11.0 Å². The zero-order valence-corrected chi connectivity index (χ0v) is 12.6. The van der Waals surface area contributed by atoms with E-state index in [2.05, 4.69) is 21.2 Å². The molecule has 0 heterocycles. The van der Waals surface area contributed by atoms with Crippen LogP contribution in [0.3, 0.4) is 0 Å². The summed E-state index contributed by atoms with van der Waals surface area (Å²) in [6.07, 6.45) is 0. The molecule has 96 valence electrons. The average molecular weight is 322 g/mol. The second kappa shape index (κ2) is 6.38. The third-order valence-electron chi connectivity index (χ3n) is 2.34. The van der Waals surface area contributed by atoms with Crippen LogP contribution in [0.4, 0.5) is 0 Å². The van der Waals surface area contributed by atoms with Crippen molar-refractivity contribution in [2.75, 3.05) is 0 Å². The third kappa shape index (κ3) is 5.06. The molecule has 0 saturated heterocycles. The summed E-state index contributed by atoms with van der Waals surface area (Å²) >= 11 is 3.41. The minimum absolute atomic E-state index is 0. The zero-order valence-electron chi connectivity index (χ0n) is 10.2. The van der Waals surface area contributed by atoms with E-state index in [1.54, 1.807) is 13.8 Å². The lowest BCUT2D eigenvalue weighted by Crippen LogP contribution is -2.48. The molecule has 0 bridgehead atoms. The van der Waals surface area contributed by atoms with E-state index in [4.69, 9.17) is 5.73 Å². The van der Waals surface area contributed by atoms with E-state index in [0.717, 1.165) is 15.6 Å². The first-order chi connectivity index (χ1) is 7.30. The van der Waals surface area contributed by atoms with E-state index in [0.29, 0.717) is 6.54 Å². The number of hydrogen-bond acceptors (Lipinski definition) is 2. The Morgan fingerprint density at radius 3 is 2.59 bits per heavy atom. The minimum Gasteiger partial charge on any atom is -0.350 e. The van der Waals surface area contributed by atoms with Crippen molar-refractivity contribution in [2.24, 2.45) is 5.73 Å². The van der Waals surface area contributed by atoms with Crippen LogP contribution in [0.25, 0.3) is 0 Å². The molecule has 3 nitrogen and oxygen atoms in total. The van der Waals surface area contributed by atoms with Gasteiger partial charge in [-0.2, -0.15) is 0 Å². The molecule has 0 unspecified atom stereocenters. The lowest BCUT2D eigenvalue weighted by Gasteiger charge is -2.18. The van der Waals surface area contributed by atoms with Crippen LogP contribution >= 0.6 is 28.3 Å². The van der Waals surface area contributed by atoms with Crippen LogP contribution in [0.5, 0.6) is 0 Å². The van der Waals surface area contributed by atoms with E-state index in [1.165, 1.54) is 0 Å². The largest absolute Gasteiger partial charge is 0.350 e. The number of nitrogens with one attached hydrogen (secondary N) is 1. The van der Waals surface area contributed by atoms with Gasteiger partial charge in [-0.1, -0.05) is 22.0 Å². The highest BCUT2D eigenvalue weighted by Crippen LogP contribution is 2.15. The fraction of sp³-hybridized carbons (Fsp3) is 0.417. The Bertz CT molecular complexity index is 402. The van der Waals surface area contributed by atoms with Crippen molar-refractivity contribution in [2.45, 2.75) is 32.9 Å². The van der Waals surface area contributed by atoms with Gasteiger partial charge in [-0.25, -0.2) is 0 Å². The molecule has 17 heavy (non-hydrogen) atoms. The number of halogens is 2. The third-order valence-corrected chi connectivity index (χ3v) is 2.83. The van der Waals surface area contributed by atoms with E-state index >= 15 is 0 Å². The van der Waals surface area contributed by atoms with E-state index in [1.807, 2.05) is 25.1 Å². The summed E-state index contributed by atoms with van der Waals surface area (Å²) < 4.78 is 1.01. The SMILES string of the molecule is Cc1ccc(Br)cc1CNC(=O)C(C)(C)N.Cl. The molecule has 3 N–H and O–H groups in total. The number of amides is 1. The number of hydrogen-bond donors (Lipinski definition) is 2. The molecule has 1 aromatic carbocycles. The van der Waals surface area contributed by atoms with Gasteiger partial charge in [-0.3, -0.25) is 4.79 Å². The van der Waals surface area contributed by atoms with E-state index in [-0.39, 0.29) is 18.3 Å². The summed E-state index contributed by atoms with van der Waals surface area (Å²) in [5, 5.41) is 2.82. The molecule has 1 rings (SSSR count). The van der Waals surface area contributed by atoms with Crippen molar-refractivity contribution in [3.63, 3.8) is 0 Å². The first-order valence-corrected chi connectivity index (χ1v) is 5.92. The molecular formula is C12H18BrClN2O. The highest BCUT2D eigenvalue weighted by Gasteiger charge is 2.21. The van der Waals surface area contributed by atoms with Crippen LogP contribution in [0.1, 0.15) is 25.0 Å². The molecule has 0 atom stereocenters. The maximum absolute atomic E-state index is 11.6. The van der Waals surface area contributed by atoms with Crippen LogP contribution in [0.2, 0.25) is 0 Å². The first-order valence-electron chi connectivity index (χ1n) is 5.13. The molecule has 0 spiro atoms. The number of nitrogens with two attached hydrogens (primary N) is 1. The lowest BCUT2D eigenvalue weighted by atomic mass is 10.1. The summed E-state index contributed by atoms with van der Waals surface area (Å²) in [7, 11) is 0. The second-order valence-corrected chi connectivity index (χ2v) is 5.39. The van der Waals surface area contributed by atoms with Gasteiger partial charge < -0.3 is 11.1 Å². The smallest absolute Gasteiger partial charge is 0.239 e. The van der Waals surface area contributed by atoms with Gasteiger partial charge in [0.1, 0.15) is 0 Å². The van der Waals surface area contributed by atoms with Gasteiger partial charge in [0.05, 0.1) is 5.54 Å². The molecule has 1 amide bonds. The van der Waals surface area contributed by atoms with Crippen molar-refractivity contribution in [1.82, 2.24) is 5.32 Å². The van der Waals surface area contributed by atoms with Crippen LogP contribution in [-0.4, -0.2) is 11.4 Å². The highest BCUT2D eigenvalue weighted by atomic mass is 79.9. The summed E-state index contributed by atoms with van der Waals surface area (Å²) in [5.41, 5.74) is 7.10. The van der Waals surface area contributed by atoms with E-state index in [9.17, 15) is 4.79 Å². The molecule has 0 radical (unpaired) electrons. The quantitative estimate of drug-likeness (QED) is 0.899. The summed E-state index contributed by atoms with van der Waals surface area (Å²) in [6, 6.07) is 5.99. The van der Waals surface area contributed by atoms with Gasteiger partial charge in [-0.05, 0) is 44.0 Å². The van der Waals surface area contributed by atoms with Gasteiger partial charge in [-0.15, -0.1) is 12.4 Å². The normalized spacial score (nSPS) is 10.6. The molecule has 0 aliphatic heterocycles. The molecule has 0 aliphatic carbocycles. The van der Waals surface area contributed by atoms with Gasteiger partial charge >= 0.3 is 0 Å². The van der Waals surface area contributed by atoms with Crippen molar-refractivity contribution in [1.29, 1.82) is 0 Å². The Kier molecular flexibility index (Phi) is 6.16. The monoisotopic (exact) mass is 320 g/mol. The molecule has 5 heteroatoms. The van der Waals surface area contributed by atoms with Crippen molar-refractivity contribution < 1.29 is 4.79 Å². The summed E-state index contributed by atoms with van der Waals surface area (Å²) in [6.45, 7) is 5.90. The van der Waals surface area contributed by atoms with Gasteiger partial charge in [0.2, 0.25) is 5.91 Å². The van der Waals surface area contributed by atoms with Crippen LogP contribution < -0.4 is 11.1 Å². The van der Waals surface area contributed by atoms with Crippen LogP contribution in [-0.2, 0) is 11.3 Å². The Balaban J connectivity index is 0.00000256. The molecule has 0 aliphatic rings. The molecule has 0 aromatic heterocycles. The molecule has 0 saturated carbocycles. The molecule has 0 fully saturated rings. The number of aryl methyl sites for hydroxylation is 1. The van der Waals surface area contributed by atoms with Crippen LogP contribution in [0, 0.1) is 6.92 Å². The molecule has 1 aromatic rings. The summed E-state index contributed by atoms with van der Waals surface area (Å²) in [4.78, 5) is 11.6. The fourth-order valence-electron chi connectivity index (χ4n) is 1.23. The highest BCUT2D eigenvalue weighted by molar-refractivity contribution is 9.10. The predicted molar refractivity (Wildman–Crippen MR) is 76.2 cm³/mol. The predicted octanol–water partition coefficient (Wildman–Crippen LogP) is 2.53. The Morgan fingerprint density at radius 2 is 2.06 bits per heavy atom. The maximum atomic E-state index is 11.6. The molecular weight excluding hydrogens is 304 g/mol. The minimum atomic E-state index is -0.833. The number of carbonyl (C=O) groups is 1. The number of benzene rings is 1.